The number of amides is 1. The third-order valence-corrected chi connectivity index (χ3v) is 5.19. The Morgan fingerprint density at radius 1 is 1.27 bits per heavy atom. The summed E-state index contributed by atoms with van der Waals surface area (Å²) in [7, 11) is 0. The van der Waals surface area contributed by atoms with Gasteiger partial charge in [0.25, 0.3) is 5.91 Å². The van der Waals surface area contributed by atoms with Gasteiger partial charge in [0.05, 0.1) is 5.69 Å². The van der Waals surface area contributed by atoms with Crippen molar-refractivity contribution in [3.63, 3.8) is 0 Å². The van der Waals surface area contributed by atoms with E-state index in [0.29, 0.717) is 26.7 Å². The van der Waals surface area contributed by atoms with Gasteiger partial charge in [-0.3, -0.25) is 15.1 Å². The predicted octanol–water partition coefficient (Wildman–Crippen LogP) is 3.37. The van der Waals surface area contributed by atoms with Crippen LogP contribution in [0.4, 0.5) is 5.13 Å². The normalized spacial score (nSPS) is 13.5. The van der Waals surface area contributed by atoms with Gasteiger partial charge in [0.2, 0.25) is 6.79 Å². The van der Waals surface area contributed by atoms with E-state index in [1.807, 2.05) is 17.5 Å². The molecule has 2 aromatic heterocycles. The Labute approximate surface area is 160 Å². The van der Waals surface area contributed by atoms with E-state index < -0.39 is 12.0 Å². The Morgan fingerprint density at radius 3 is 2.77 bits per heavy atom. The number of rotatable bonds is 4. The van der Waals surface area contributed by atoms with E-state index in [4.69, 9.17) is 9.47 Å². The molecule has 1 amide bonds. The minimum atomic E-state index is -1.38. The number of ether oxygens (including phenoxy) is 2. The Hall–Kier alpha value is -2.49. The lowest BCUT2D eigenvalue weighted by Crippen LogP contribution is -2.21. The molecule has 0 fully saturated rings. The van der Waals surface area contributed by atoms with Crippen molar-refractivity contribution in [3.8, 4) is 22.8 Å². The number of pyridine rings is 1. The van der Waals surface area contributed by atoms with Gasteiger partial charge >= 0.3 is 0 Å². The number of anilines is 1. The largest absolute Gasteiger partial charge is 0.454 e. The predicted molar refractivity (Wildman–Crippen MR) is 99.2 cm³/mol. The summed E-state index contributed by atoms with van der Waals surface area (Å²) < 4.78 is 11.1. The molecular weight excluding hydrogens is 422 g/mol. The summed E-state index contributed by atoms with van der Waals surface area (Å²) in [5.41, 5.74) is 2.01. The number of hydrogen-bond donors (Lipinski definition) is 2. The van der Waals surface area contributed by atoms with Crippen molar-refractivity contribution >= 4 is 38.3 Å². The molecule has 1 aliphatic heterocycles. The van der Waals surface area contributed by atoms with Crippen molar-refractivity contribution in [2.75, 3.05) is 12.1 Å². The average Bonchev–Trinajstić information content (AvgIpc) is 3.30. The highest BCUT2D eigenvalue weighted by Gasteiger charge is 2.25. The second-order valence-corrected chi connectivity index (χ2v) is 7.10. The lowest BCUT2D eigenvalue weighted by molar-refractivity contribution is -0.124. The molecule has 3 heterocycles. The van der Waals surface area contributed by atoms with Crippen molar-refractivity contribution in [1.82, 2.24) is 9.97 Å². The Bertz CT molecular complexity index is 964. The molecule has 1 aromatic carbocycles. The number of carbonyl (C=O) groups excluding carboxylic acids is 1. The molecule has 2 N–H and O–H groups in total. The van der Waals surface area contributed by atoms with Crippen LogP contribution in [0.25, 0.3) is 11.3 Å². The molecule has 0 bridgehead atoms. The maximum atomic E-state index is 12.4. The number of aliphatic hydroxyl groups excluding tert-OH is 1. The number of nitrogens with zero attached hydrogens (tertiary/aromatic N) is 2. The van der Waals surface area contributed by atoms with Crippen LogP contribution >= 0.6 is 27.3 Å². The molecule has 4 rings (SSSR count). The summed E-state index contributed by atoms with van der Waals surface area (Å²) >= 11 is 4.62. The van der Waals surface area contributed by atoms with Gasteiger partial charge in [-0.1, -0.05) is 15.9 Å². The summed E-state index contributed by atoms with van der Waals surface area (Å²) in [6, 6.07) is 6.92. The quantitative estimate of drug-likeness (QED) is 0.654. The lowest BCUT2D eigenvalue weighted by Gasteiger charge is -2.13. The van der Waals surface area contributed by atoms with Gasteiger partial charge in [-0.05, 0) is 24.3 Å². The fourth-order valence-corrected chi connectivity index (χ4v) is 3.71. The minimum absolute atomic E-state index is 0.115. The van der Waals surface area contributed by atoms with Crippen LogP contribution in [0, 0.1) is 0 Å². The van der Waals surface area contributed by atoms with Crippen LogP contribution in [0.3, 0.4) is 0 Å². The molecule has 0 saturated carbocycles. The maximum absolute atomic E-state index is 12.4. The maximum Gasteiger partial charge on any atom is 0.259 e. The molecule has 7 nitrogen and oxygen atoms in total. The Balaban J connectivity index is 1.51. The molecule has 1 atom stereocenters. The van der Waals surface area contributed by atoms with E-state index in [9.17, 15) is 9.90 Å². The molecule has 0 radical (unpaired) electrons. The minimum Gasteiger partial charge on any atom is -0.454 e. The molecule has 1 aliphatic rings. The molecule has 132 valence electrons. The first-order valence-corrected chi connectivity index (χ1v) is 9.23. The second kappa shape index (κ2) is 7.02. The van der Waals surface area contributed by atoms with Crippen LogP contribution in [0.1, 0.15) is 11.7 Å². The van der Waals surface area contributed by atoms with Gasteiger partial charge in [0.1, 0.15) is 0 Å². The van der Waals surface area contributed by atoms with Crippen molar-refractivity contribution < 1.29 is 19.4 Å². The number of halogens is 1. The third-order valence-electron chi connectivity index (χ3n) is 3.75. The topological polar surface area (TPSA) is 93.6 Å². The zero-order valence-electron chi connectivity index (χ0n) is 13.2. The molecule has 0 saturated heterocycles. The summed E-state index contributed by atoms with van der Waals surface area (Å²) in [5.74, 6) is 0.472. The summed E-state index contributed by atoms with van der Waals surface area (Å²) in [4.78, 5) is 20.7. The molecule has 0 spiro atoms. The van der Waals surface area contributed by atoms with Gasteiger partial charge in [-0.25, -0.2) is 4.98 Å². The number of benzene rings is 1. The molecule has 9 heteroatoms. The first-order chi connectivity index (χ1) is 12.6. The zero-order chi connectivity index (χ0) is 18.1. The molecular formula is C17H12BrN3O4S. The highest BCUT2D eigenvalue weighted by Crippen LogP contribution is 2.39. The summed E-state index contributed by atoms with van der Waals surface area (Å²) in [6.07, 6.45) is 1.97. The van der Waals surface area contributed by atoms with Crippen LogP contribution in [0.2, 0.25) is 0 Å². The van der Waals surface area contributed by atoms with Crippen molar-refractivity contribution in [1.29, 1.82) is 0 Å². The lowest BCUT2D eigenvalue weighted by atomic mass is 10.1. The number of nitrogens with one attached hydrogen (secondary N) is 1. The standard InChI is InChI=1S/C17H12BrN3O4S/c18-11-6-14-13(24-8-25-14)5-10(11)15(22)16(23)21-17-20-12(7-26-17)9-1-3-19-4-2-9/h1-7,15,22H,8H2,(H,20,21,23). The second-order valence-electron chi connectivity index (χ2n) is 5.39. The summed E-state index contributed by atoms with van der Waals surface area (Å²) in [5, 5.41) is 15.3. The van der Waals surface area contributed by atoms with E-state index >= 15 is 0 Å². The number of aliphatic hydroxyl groups is 1. The third kappa shape index (κ3) is 3.28. The van der Waals surface area contributed by atoms with Crippen LogP contribution in [-0.4, -0.2) is 27.8 Å². The number of aromatic nitrogens is 2. The van der Waals surface area contributed by atoms with Gasteiger partial charge in [0.15, 0.2) is 22.7 Å². The van der Waals surface area contributed by atoms with Gasteiger partial charge in [-0.2, -0.15) is 0 Å². The van der Waals surface area contributed by atoms with Gasteiger partial charge in [-0.15, -0.1) is 11.3 Å². The number of hydrogen-bond acceptors (Lipinski definition) is 7. The molecule has 26 heavy (non-hydrogen) atoms. The van der Waals surface area contributed by atoms with Crippen molar-refractivity contribution in [2.45, 2.75) is 6.10 Å². The van der Waals surface area contributed by atoms with Crippen LogP contribution in [0.5, 0.6) is 11.5 Å². The van der Waals surface area contributed by atoms with E-state index in [1.54, 1.807) is 24.5 Å². The number of thiazole rings is 1. The number of carbonyl (C=O) groups is 1. The van der Waals surface area contributed by atoms with Crippen LogP contribution in [-0.2, 0) is 4.79 Å². The fourth-order valence-electron chi connectivity index (χ4n) is 2.44. The Kier molecular flexibility index (Phi) is 4.58. The van der Waals surface area contributed by atoms with Crippen molar-refractivity contribution in [3.05, 3.63) is 52.1 Å². The van der Waals surface area contributed by atoms with E-state index in [2.05, 4.69) is 31.2 Å². The van der Waals surface area contributed by atoms with Crippen LogP contribution in [0.15, 0.2) is 46.5 Å². The Morgan fingerprint density at radius 2 is 2.00 bits per heavy atom. The fraction of sp³-hybridized carbons (Fsp3) is 0.118. The van der Waals surface area contributed by atoms with Crippen molar-refractivity contribution in [2.24, 2.45) is 0 Å². The molecule has 0 aliphatic carbocycles. The monoisotopic (exact) mass is 433 g/mol. The smallest absolute Gasteiger partial charge is 0.259 e. The summed E-state index contributed by atoms with van der Waals surface area (Å²) in [6.45, 7) is 0.115. The van der Waals surface area contributed by atoms with Crippen LogP contribution < -0.4 is 14.8 Å². The first kappa shape index (κ1) is 17.0. The first-order valence-electron chi connectivity index (χ1n) is 7.56. The van der Waals surface area contributed by atoms with E-state index in [-0.39, 0.29) is 6.79 Å². The van der Waals surface area contributed by atoms with E-state index in [1.165, 1.54) is 11.3 Å². The average molecular weight is 434 g/mol. The highest BCUT2D eigenvalue weighted by atomic mass is 79.9. The number of fused-ring (bicyclic) bond motifs is 1. The molecule has 1 unspecified atom stereocenters. The SMILES string of the molecule is O=C(Nc1nc(-c2ccncc2)cs1)C(O)c1cc2c(cc1Br)OCO2. The van der Waals surface area contributed by atoms with Gasteiger partial charge in [0, 0.05) is 33.4 Å². The highest BCUT2D eigenvalue weighted by molar-refractivity contribution is 9.10. The van der Waals surface area contributed by atoms with Gasteiger partial charge < -0.3 is 14.6 Å². The zero-order valence-corrected chi connectivity index (χ0v) is 15.6. The van der Waals surface area contributed by atoms with E-state index in [0.717, 1.165) is 11.3 Å². The molecule has 3 aromatic rings.